The molecule has 4 heterocycles. The summed E-state index contributed by atoms with van der Waals surface area (Å²) in [5.41, 5.74) is 15.2. The van der Waals surface area contributed by atoms with Gasteiger partial charge in [0.25, 0.3) is 0 Å². The van der Waals surface area contributed by atoms with Gasteiger partial charge in [0.2, 0.25) is 12.0 Å². The summed E-state index contributed by atoms with van der Waals surface area (Å²) < 4.78 is 42.9. The van der Waals surface area contributed by atoms with E-state index in [9.17, 15) is 24.9 Å². The van der Waals surface area contributed by atoms with E-state index in [1.807, 2.05) is 42.6 Å². The van der Waals surface area contributed by atoms with E-state index >= 15 is 0 Å². The number of ether oxygens (including phenoxy) is 7. The predicted octanol–water partition coefficient (Wildman–Crippen LogP) is 2.59. The fraction of sp³-hybridized carbons (Fsp3) is 0.436. The van der Waals surface area contributed by atoms with Crippen molar-refractivity contribution in [2.45, 2.75) is 92.7 Å². The van der Waals surface area contributed by atoms with Crippen molar-refractivity contribution < 1.29 is 63.2 Å². The normalized spacial score (nSPS) is 26.7. The van der Waals surface area contributed by atoms with Crippen LogP contribution in [0.2, 0.25) is 0 Å². The summed E-state index contributed by atoms with van der Waals surface area (Å²) in [6.07, 6.45) is -8.14. The van der Waals surface area contributed by atoms with Gasteiger partial charge in [0, 0.05) is 39.9 Å². The first-order chi connectivity index (χ1) is 26.4. The highest BCUT2D eigenvalue weighted by Crippen LogP contribution is 2.65. The van der Waals surface area contributed by atoms with Crippen LogP contribution < -0.4 is 35.2 Å². The molecule has 0 bridgehead atoms. The van der Waals surface area contributed by atoms with Gasteiger partial charge in [0.05, 0.1) is 26.3 Å². The van der Waals surface area contributed by atoms with Gasteiger partial charge in [0.15, 0.2) is 17.6 Å². The number of para-hydroxylation sites is 1. The van der Waals surface area contributed by atoms with E-state index in [1.165, 1.54) is 0 Å². The molecule has 16 nitrogen and oxygen atoms in total. The summed E-state index contributed by atoms with van der Waals surface area (Å²) >= 11 is 0. The molecule has 16 heteroatoms. The zero-order valence-corrected chi connectivity index (χ0v) is 30.0. The van der Waals surface area contributed by atoms with Gasteiger partial charge in [-0.2, -0.15) is 0 Å². The summed E-state index contributed by atoms with van der Waals surface area (Å²) in [5.74, 6) is -0.611. The van der Waals surface area contributed by atoms with Crippen LogP contribution in [0, 0.1) is 0 Å². The molecule has 0 amide bonds. The number of nitrogens with one attached hydrogen (secondary N) is 1. The average Bonchev–Trinajstić information content (AvgIpc) is 3.91. The molecule has 1 aromatic heterocycles. The Morgan fingerprint density at radius 2 is 1.75 bits per heavy atom. The molecule has 1 saturated heterocycles. The van der Waals surface area contributed by atoms with Crippen molar-refractivity contribution in [3.63, 3.8) is 0 Å². The summed E-state index contributed by atoms with van der Waals surface area (Å²) in [6.45, 7) is 0. The van der Waals surface area contributed by atoms with E-state index in [1.54, 1.807) is 26.4 Å². The Morgan fingerprint density at radius 1 is 0.982 bits per heavy atom. The molecule has 1 spiro atoms. The van der Waals surface area contributed by atoms with Crippen LogP contribution in [0.25, 0.3) is 22.0 Å². The molecule has 0 unspecified atom stereocenters. The third-order valence-electron chi connectivity index (χ3n) is 11.1. The number of aliphatic hydroxyl groups is 3. The molecule has 4 aromatic rings. The Hall–Kier alpha value is -5.10. The molecular weight excluding hydrogens is 718 g/mol. The smallest absolute Gasteiger partial charge is 0.317 e. The number of nitrogens with two attached hydrogens (primary N) is 2. The number of aromatic amines is 1. The van der Waals surface area contributed by atoms with Gasteiger partial charge >= 0.3 is 11.9 Å². The molecule has 8 rings (SSSR count). The number of carbonyl (C=O) groups is 2. The number of carboxylic acids is 1. The Morgan fingerprint density at radius 3 is 2.45 bits per heavy atom. The largest absolute Gasteiger partial charge is 0.493 e. The van der Waals surface area contributed by atoms with E-state index in [0.717, 1.165) is 53.3 Å². The number of methoxy groups -OCH3 is 2. The van der Waals surface area contributed by atoms with Crippen molar-refractivity contribution in [1.82, 2.24) is 4.98 Å². The highest BCUT2D eigenvalue weighted by atomic mass is 16.7. The van der Waals surface area contributed by atoms with Gasteiger partial charge in [-0.1, -0.05) is 24.3 Å². The van der Waals surface area contributed by atoms with Gasteiger partial charge in [0.1, 0.15) is 54.0 Å². The van der Waals surface area contributed by atoms with Gasteiger partial charge in [-0.3, -0.25) is 9.59 Å². The van der Waals surface area contributed by atoms with Gasteiger partial charge in [-0.25, -0.2) is 0 Å². The Balaban J connectivity index is 1.23. The van der Waals surface area contributed by atoms with E-state index in [2.05, 4.69) is 4.98 Å². The van der Waals surface area contributed by atoms with Crippen LogP contribution in [0.4, 0.5) is 0 Å². The van der Waals surface area contributed by atoms with Crippen molar-refractivity contribution >= 4 is 22.8 Å². The quantitative estimate of drug-likeness (QED) is 0.0697. The van der Waals surface area contributed by atoms with Crippen LogP contribution in [0.15, 0.2) is 54.7 Å². The average molecular weight is 762 g/mol. The standard InChI is InChI=1S/C39H43N3O13/c1-49-23-10-9-19-28-34(53-32(19)33(23)50-2)27-20(21-16-42-22-8-4-3-7-18(21)22)13-17(14-24(27)55-39(28)11-5-6-12-39)51-38-31(48)29(46)30(47)35(54-38)36(37(40)41)52-26(45)15-25(43)44/h3-4,7-10,13-14,16,28-31,34-38,42,46-48H,5-6,11-12,15,40-41H2,1-2H3,(H,43,44)/t28-,29-,30-,31+,34-,35-,36-,38+/m0/s1. The first kappa shape index (κ1) is 36.9. The number of aromatic nitrogens is 1. The predicted molar refractivity (Wildman–Crippen MR) is 193 cm³/mol. The van der Waals surface area contributed by atoms with Gasteiger partial charge in [-0.05, 0) is 49.4 Å². The zero-order valence-electron chi connectivity index (χ0n) is 30.0. The molecule has 9 N–H and O–H groups in total. The number of aliphatic carboxylic acids is 1. The van der Waals surface area contributed by atoms with Crippen LogP contribution in [-0.2, 0) is 19.1 Å². The maximum absolute atomic E-state index is 12.3. The third kappa shape index (κ3) is 6.18. The van der Waals surface area contributed by atoms with Crippen molar-refractivity contribution in [2.24, 2.45) is 11.5 Å². The van der Waals surface area contributed by atoms with E-state index < -0.39 is 73.0 Å². The second-order valence-corrected chi connectivity index (χ2v) is 14.4. The molecule has 1 saturated carbocycles. The minimum absolute atomic E-state index is 0.170. The van der Waals surface area contributed by atoms with Crippen molar-refractivity contribution in [1.29, 1.82) is 0 Å². The van der Waals surface area contributed by atoms with Crippen molar-refractivity contribution in [3.05, 3.63) is 65.9 Å². The summed E-state index contributed by atoms with van der Waals surface area (Å²) in [4.78, 5) is 26.8. The monoisotopic (exact) mass is 761 g/mol. The van der Waals surface area contributed by atoms with Crippen LogP contribution in [0.5, 0.6) is 28.7 Å². The minimum atomic E-state index is -1.87. The second-order valence-electron chi connectivity index (χ2n) is 14.4. The van der Waals surface area contributed by atoms with E-state index in [-0.39, 0.29) is 11.7 Å². The maximum atomic E-state index is 12.3. The number of esters is 1. The molecule has 292 valence electrons. The van der Waals surface area contributed by atoms with Gasteiger partial charge in [-0.15, -0.1) is 0 Å². The molecule has 0 radical (unpaired) electrons. The van der Waals surface area contributed by atoms with Gasteiger partial charge < -0.3 is 70.0 Å². The number of carboxylic acid groups (broad SMARTS) is 1. The summed E-state index contributed by atoms with van der Waals surface area (Å²) in [6, 6.07) is 15.1. The lowest BCUT2D eigenvalue weighted by atomic mass is 9.73. The highest BCUT2D eigenvalue weighted by Gasteiger charge is 2.58. The lowest BCUT2D eigenvalue weighted by molar-refractivity contribution is -0.291. The molecule has 55 heavy (non-hydrogen) atoms. The molecular formula is C39H43N3O13. The van der Waals surface area contributed by atoms with Crippen LogP contribution in [0.1, 0.15) is 55.3 Å². The molecule has 3 aromatic carbocycles. The SMILES string of the molecule is COc1ccc2c(c1OC)O[C@H]1c3c(cc(O[C@@H]4O[C@H]([C@H](OC(=O)CC(=O)O)C(N)N)[C@@H](O)[C@H](O)[C@H]4O)cc3-c3c[nH]c4ccccc34)OC3(CCCC3)[C@@H]21. The Kier molecular flexibility index (Phi) is 9.51. The Bertz CT molecular complexity index is 2110. The fourth-order valence-corrected chi connectivity index (χ4v) is 8.71. The Labute approximate surface area is 314 Å². The lowest BCUT2D eigenvalue weighted by Gasteiger charge is -2.45. The third-order valence-corrected chi connectivity index (χ3v) is 11.1. The number of rotatable bonds is 10. The lowest BCUT2D eigenvalue weighted by Crippen LogP contribution is -2.66. The van der Waals surface area contributed by atoms with E-state index in [4.69, 9.17) is 49.7 Å². The molecule has 4 aliphatic rings. The minimum Gasteiger partial charge on any atom is -0.493 e. The molecule has 1 aliphatic carbocycles. The first-order valence-corrected chi connectivity index (χ1v) is 18.1. The second kappa shape index (κ2) is 14.2. The number of carbonyl (C=O) groups excluding carboxylic acids is 1. The number of benzene rings is 3. The molecule has 3 aliphatic heterocycles. The highest BCUT2D eigenvalue weighted by molar-refractivity contribution is 5.97. The number of hydrogen-bond acceptors (Lipinski definition) is 14. The first-order valence-electron chi connectivity index (χ1n) is 18.1. The zero-order chi connectivity index (χ0) is 38.8. The van der Waals surface area contributed by atoms with Crippen LogP contribution >= 0.6 is 0 Å². The number of H-pyrrole nitrogens is 1. The summed E-state index contributed by atoms with van der Waals surface area (Å²) in [5, 5.41) is 43.0. The van der Waals surface area contributed by atoms with E-state index in [0.29, 0.717) is 28.6 Å². The van der Waals surface area contributed by atoms with Crippen molar-refractivity contribution in [2.75, 3.05) is 14.2 Å². The van der Waals surface area contributed by atoms with Crippen LogP contribution in [-0.4, -0.2) is 100 Å². The molecule has 8 atom stereocenters. The summed E-state index contributed by atoms with van der Waals surface area (Å²) in [7, 11) is 3.15. The van der Waals surface area contributed by atoms with Crippen LogP contribution in [0.3, 0.4) is 0 Å². The number of aliphatic hydroxyl groups excluding tert-OH is 3. The maximum Gasteiger partial charge on any atom is 0.317 e. The number of fused-ring (bicyclic) bond motifs is 7. The molecule has 2 fully saturated rings. The van der Waals surface area contributed by atoms with Crippen molar-refractivity contribution in [3.8, 4) is 39.9 Å². The fourth-order valence-electron chi connectivity index (χ4n) is 8.71. The number of hydrogen-bond donors (Lipinski definition) is 7. The topological polar surface area (TPSA) is 247 Å².